The van der Waals surface area contributed by atoms with Crippen LogP contribution in [-0.4, -0.2) is 19.8 Å². The zero-order valence-electron chi connectivity index (χ0n) is 12.3. The van der Waals surface area contributed by atoms with E-state index in [1.54, 1.807) is 20.2 Å². The summed E-state index contributed by atoms with van der Waals surface area (Å²) in [6, 6.07) is 5.14. The summed E-state index contributed by atoms with van der Waals surface area (Å²) < 4.78 is 44.1. The molecule has 1 atom stereocenters. The van der Waals surface area contributed by atoms with Gasteiger partial charge < -0.3 is 10.1 Å². The Bertz CT molecular complexity index is 419. The summed E-state index contributed by atoms with van der Waals surface area (Å²) >= 11 is 0. The fraction of sp³-hybridized carbons (Fsp3) is 0.600. The number of likely N-dealkylation sites (N-methyl/N-ethyl adjacent to an activating group) is 1. The molecule has 1 aromatic rings. The third-order valence-corrected chi connectivity index (χ3v) is 3.97. The summed E-state index contributed by atoms with van der Waals surface area (Å²) in [5.41, 5.74) is -0.556. The minimum atomic E-state index is -4.33. The lowest BCUT2D eigenvalue weighted by Gasteiger charge is -2.38. The second-order valence-electron chi connectivity index (χ2n) is 4.82. The van der Waals surface area contributed by atoms with Crippen LogP contribution in [0.25, 0.3) is 0 Å². The maximum atomic E-state index is 12.8. The van der Waals surface area contributed by atoms with Gasteiger partial charge in [-0.05, 0) is 37.6 Å². The molecule has 5 heteroatoms. The number of rotatable bonds is 6. The first-order valence-electron chi connectivity index (χ1n) is 6.74. The molecule has 0 aliphatic rings. The van der Waals surface area contributed by atoms with E-state index in [4.69, 9.17) is 4.74 Å². The van der Waals surface area contributed by atoms with Gasteiger partial charge in [0.15, 0.2) is 0 Å². The summed E-state index contributed by atoms with van der Waals surface area (Å²) in [6.45, 7) is 3.95. The molecule has 0 aliphatic carbocycles. The van der Waals surface area contributed by atoms with Gasteiger partial charge >= 0.3 is 6.18 Å². The van der Waals surface area contributed by atoms with Gasteiger partial charge in [-0.15, -0.1) is 0 Å². The van der Waals surface area contributed by atoms with Gasteiger partial charge in [0.05, 0.1) is 17.2 Å². The number of halogens is 3. The first-order valence-corrected chi connectivity index (χ1v) is 6.74. The van der Waals surface area contributed by atoms with Crippen LogP contribution in [0.3, 0.4) is 0 Å². The van der Waals surface area contributed by atoms with Crippen molar-refractivity contribution in [3.8, 4) is 0 Å². The minimum Gasteiger partial charge on any atom is -0.376 e. The van der Waals surface area contributed by atoms with Crippen LogP contribution in [0.15, 0.2) is 24.3 Å². The van der Waals surface area contributed by atoms with E-state index in [2.05, 4.69) is 5.32 Å². The maximum absolute atomic E-state index is 12.8. The van der Waals surface area contributed by atoms with Crippen molar-refractivity contribution in [3.63, 3.8) is 0 Å². The molecule has 0 heterocycles. The van der Waals surface area contributed by atoms with E-state index < -0.39 is 17.3 Å². The Labute approximate surface area is 118 Å². The lowest BCUT2D eigenvalue weighted by Crippen LogP contribution is -2.43. The highest BCUT2D eigenvalue weighted by atomic mass is 19.4. The van der Waals surface area contributed by atoms with Gasteiger partial charge in [-0.25, -0.2) is 0 Å². The van der Waals surface area contributed by atoms with Crippen molar-refractivity contribution in [2.24, 2.45) is 0 Å². The predicted molar refractivity (Wildman–Crippen MR) is 73.6 cm³/mol. The van der Waals surface area contributed by atoms with Crippen LogP contribution in [0.4, 0.5) is 13.2 Å². The van der Waals surface area contributed by atoms with E-state index in [9.17, 15) is 13.2 Å². The van der Waals surface area contributed by atoms with Crippen molar-refractivity contribution in [2.75, 3.05) is 14.2 Å². The Morgan fingerprint density at radius 2 is 1.80 bits per heavy atom. The number of methoxy groups -OCH3 is 1. The second-order valence-corrected chi connectivity index (χ2v) is 4.82. The molecule has 1 N–H and O–H groups in total. The molecule has 0 fully saturated rings. The Morgan fingerprint density at radius 1 is 1.20 bits per heavy atom. The van der Waals surface area contributed by atoms with E-state index in [1.165, 1.54) is 12.1 Å². The molecule has 0 saturated heterocycles. The molecule has 1 rings (SSSR count). The van der Waals surface area contributed by atoms with Crippen LogP contribution in [0.1, 0.15) is 43.9 Å². The lowest BCUT2D eigenvalue weighted by atomic mass is 9.83. The van der Waals surface area contributed by atoms with Crippen molar-refractivity contribution in [3.05, 3.63) is 35.4 Å². The zero-order chi connectivity index (χ0) is 15.4. The monoisotopic (exact) mass is 289 g/mol. The molecule has 0 bridgehead atoms. The van der Waals surface area contributed by atoms with Crippen molar-refractivity contribution < 1.29 is 17.9 Å². The van der Waals surface area contributed by atoms with Crippen molar-refractivity contribution in [1.82, 2.24) is 5.32 Å². The standard InChI is InChI=1S/C15H22F3NO/c1-5-14(6-2,20-4)13(19-3)11-8-7-9-12(10-11)15(16,17)18/h7-10,13,19H,5-6H2,1-4H3. The molecule has 0 radical (unpaired) electrons. The Hall–Kier alpha value is -1.07. The molecule has 1 aromatic carbocycles. The lowest BCUT2D eigenvalue weighted by molar-refractivity contribution is -0.137. The molecule has 0 aromatic heterocycles. The summed E-state index contributed by atoms with van der Waals surface area (Å²) in [7, 11) is 3.34. The highest BCUT2D eigenvalue weighted by Gasteiger charge is 2.37. The average molecular weight is 289 g/mol. The molecular weight excluding hydrogens is 267 g/mol. The Kier molecular flexibility index (Phi) is 5.59. The van der Waals surface area contributed by atoms with Crippen LogP contribution in [0.5, 0.6) is 0 Å². The fourth-order valence-electron chi connectivity index (χ4n) is 2.69. The number of hydrogen-bond donors (Lipinski definition) is 1. The molecule has 0 saturated carbocycles. The normalized spacial score (nSPS) is 14.3. The number of ether oxygens (including phenoxy) is 1. The van der Waals surface area contributed by atoms with Gasteiger partial charge in [0, 0.05) is 7.11 Å². The van der Waals surface area contributed by atoms with Crippen LogP contribution in [-0.2, 0) is 10.9 Å². The molecule has 1 unspecified atom stereocenters. The first kappa shape index (κ1) is 17.0. The van der Waals surface area contributed by atoms with Crippen molar-refractivity contribution >= 4 is 0 Å². The number of hydrogen-bond acceptors (Lipinski definition) is 2. The SMILES string of the molecule is CCC(CC)(OC)C(NC)c1cccc(C(F)(F)F)c1. The molecule has 0 amide bonds. The third kappa shape index (κ3) is 3.33. The van der Waals surface area contributed by atoms with Crippen LogP contribution < -0.4 is 5.32 Å². The van der Waals surface area contributed by atoms with Gasteiger partial charge in [0.2, 0.25) is 0 Å². The smallest absolute Gasteiger partial charge is 0.376 e. The molecular formula is C15H22F3NO. The van der Waals surface area contributed by atoms with E-state index in [0.717, 1.165) is 6.07 Å². The number of alkyl halides is 3. The summed E-state index contributed by atoms with van der Waals surface area (Å²) in [5, 5.41) is 3.10. The van der Waals surface area contributed by atoms with E-state index >= 15 is 0 Å². The first-order chi connectivity index (χ1) is 9.34. The quantitative estimate of drug-likeness (QED) is 0.848. The molecule has 20 heavy (non-hydrogen) atoms. The zero-order valence-corrected chi connectivity index (χ0v) is 12.3. The topological polar surface area (TPSA) is 21.3 Å². The largest absolute Gasteiger partial charge is 0.416 e. The van der Waals surface area contributed by atoms with Crippen molar-refractivity contribution in [1.29, 1.82) is 0 Å². The Balaban J connectivity index is 3.25. The number of nitrogens with one attached hydrogen (secondary N) is 1. The van der Waals surface area contributed by atoms with E-state index in [1.807, 2.05) is 13.8 Å². The average Bonchev–Trinajstić information content (AvgIpc) is 2.44. The number of benzene rings is 1. The summed E-state index contributed by atoms with van der Waals surface area (Å²) in [5.74, 6) is 0. The molecule has 2 nitrogen and oxygen atoms in total. The predicted octanol–water partition coefficient (Wildman–Crippen LogP) is 4.17. The van der Waals surface area contributed by atoms with Gasteiger partial charge in [-0.3, -0.25) is 0 Å². The Morgan fingerprint density at radius 3 is 2.20 bits per heavy atom. The fourth-order valence-corrected chi connectivity index (χ4v) is 2.69. The highest BCUT2D eigenvalue weighted by molar-refractivity contribution is 5.30. The van der Waals surface area contributed by atoms with Gasteiger partial charge in [-0.2, -0.15) is 13.2 Å². The molecule has 0 aliphatic heterocycles. The van der Waals surface area contributed by atoms with E-state index in [0.29, 0.717) is 18.4 Å². The molecule has 0 spiro atoms. The highest BCUT2D eigenvalue weighted by Crippen LogP contribution is 2.37. The van der Waals surface area contributed by atoms with Crippen LogP contribution in [0, 0.1) is 0 Å². The molecule has 114 valence electrons. The second kappa shape index (κ2) is 6.59. The van der Waals surface area contributed by atoms with Gasteiger partial charge in [0.25, 0.3) is 0 Å². The van der Waals surface area contributed by atoms with Crippen LogP contribution in [0.2, 0.25) is 0 Å². The van der Waals surface area contributed by atoms with E-state index in [-0.39, 0.29) is 6.04 Å². The van der Waals surface area contributed by atoms with Crippen LogP contribution >= 0.6 is 0 Å². The minimum absolute atomic E-state index is 0.287. The van der Waals surface area contributed by atoms with Gasteiger partial charge in [-0.1, -0.05) is 26.0 Å². The van der Waals surface area contributed by atoms with Crippen molar-refractivity contribution in [2.45, 2.75) is 44.5 Å². The van der Waals surface area contributed by atoms with Gasteiger partial charge in [0.1, 0.15) is 0 Å². The third-order valence-electron chi connectivity index (χ3n) is 3.97. The summed E-state index contributed by atoms with van der Waals surface area (Å²) in [6.07, 6.45) is -2.91. The maximum Gasteiger partial charge on any atom is 0.416 e. The summed E-state index contributed by atoms with van der Waals surface area (Å²) in [4.78, 5) is 0.